The molecule has 0 aromatic heterocycles. The number of nitrogens with one attached hydrogen (secondary N) is 1. The summed E-state index contributed by atoms with van der Waals surface area (Å²) in [7, 11) is 0. The predicted octanol–water partition coefficient (Wildman–Crippen LogP) is 2.40. The van der Waals surface area contributed by atoms with Gasteiger partial charge in [0.05, 0.1) is 0 Å². The lowest BCUT2D eigenvalue weighted by atomic mass is 9.99. The van der Waals surface area contributed by atoms with E-state index in [0.29, 0.717) is 24.3 Å². The molecule has 0 saturated carbocycles. The van der Waals surface area contributed by atoms with Gasteiger partial charge in [-0.2, -0.15) is 0 Å². The Kier molecular flexibility index (Phi) is 4.66. The van der Waals surface area contributed by atoms with Crippen molar-refractivity contribution in [3.05, 3.63) is 34.1 Å². The molecule has 1 aliphatic rings. The molecular formula is C13H14Cl2FNO2. The highest BCUT2D eigenvalue weighted by molar-refractivity contribution is 6.32. The fourth-order valence-corrected chi connectivity index (χ4v) is 2.96. The lowest BCUT2D eigenvalue weighted by Gasteiger charge is -2.13. The molecule has 1 saturated heterocycles. The summed E-state index contributed by atoms with van der Waals surface area (Å²) in [5, 5.41) is 12.4. The van der Waals surface area contributed by atoms with E-state index in [1.165, 1.54) is 12.1 Å². The van der Waals surface area contributed by atoms with Crippen molar-refractivity contribution in [1.82, 2.24) is 5.32 Å². The zero-order valence-electron chi connectivity index (χ0n) is 10.1. The number of rotatable bonds is 4. The molecule has 2 unspecified atom stereocenters. The third kappa shape index (κ3) is 3.38. The van der Waals surface area contributed by atoms with Gasteiger partial charge in [-0.3, -0.25) is 4.79 Å². The number of aliphatic hydroxyl groups excluding tert-OH is 1. The van der Waals surface area contributed by atoms with Gasteiger partial charge in [-0.25, -0.2) is 4.39 Å². The Morgan fingerprint density at radius 1 is 1.47 bits per heavy atom. The van der Waals surface area contributed by atoms with E-state index in [2.05, 4.69) is 5.32 Å². The van der Waals surface area contributed by atoms with Crippen LogP contribution in [0, 0.1) is 5.82 Å². The lowest BCUT2D eigenvalue weighted by Crippen LogP contribution is -2.27. The number of carbonyl (C=O) groups is 1. The monoisotopic (exact) mass is 305 g/mol. The molecule has 0 radical (unpaired) electrons. The minimum atomic E-state index is -0.936. The van der Waals surface area contributed by atoms with Crippen LogP contribution in [0.3, 0.4) is 0 Å². The van der Waals surface area contributed by atoms with Gasteiger partial charge in [-0.05, 0) is 36.1 Å². The first-order chi connectivity index (χ1) is 9.01. The number of aryl methyl sites for hydroxylation is 1. The maximum Gasteiger partial charge on any atom is 0.249 e. The smallest absolute Gasteiger partial charge is 0.249 e. The van der Waals surface area contributed by atoms with Crippen molar-refractivity contribution in [2.45, 2.75) is 37.3 Å². The molecule has 0 spiro atoms. The Bertz CT molecular complexity index is 496. The molecule has 0 aliphatic carbocycles. The predicted molar refractivity (Wildman–Crippen MR) is 71.8 cm³/mol. The highest BCUT2D eigenvalue weighted by Crippen LogP contribution is 2.26. The van der Waals surface area contributed by atoms with Gasteiger partial charge in [0.25, 0.3) is 0 Å². The van der Waals surface area contributed by atoms with Gasteiger partial charge < -0.3 is 10.4 Å². The van der Waals surface area contributed by atoms with Crippen LogP contribution in [-0.4, -0.2) is 23.2 Å². The molecular weight excluding hydrogens is 292 g/mol. The van der Waals surface area contributed by atoms with Gasteiger partial charge in [-0.15, -0.1) is 11.6 Å². The van der Waals surface area contributed by atoms with Crippen molar-refractivity contribution in [2.75, 3.05) is 0 Å². The molecule has 0 bridgehead atoms. The van der Waals surface area contributed by atoms with Gasteiger partial charge >= 0.3 is 0 Å². The van der Waals surface area contributed by atoms with Crippen LogP contribution < -0.4 is 5.32 Å². The molecule has 6 heteroatoms. The van der Waals surface area contributed by atoms with Crippen molar-refractivity contribution < 1.29 is 14.3 Å². The SMILES string of the molecule is O=C1NC(CCc2cc(F)cc(Cl)c2CCl)CC1O. The van der Waals surface area contributed by atoms with Crippen LogP contribution in [0.25, 0.3) is 0 Å². The summed E-state index contributed by atoms with van der Waals surface area (Å²) in [6.07, 6.45) is 0.621. The zero-order chi connectivity index (χ0) is 14.0. The van der Waals surface area contributed by atoms with E-state index in [4.69, 9.17) is 23.2 Å². The third-order valence-corrected chi connectivity index (χ3v) is 3.91. The van der Waals surface area contributed by atoms with Crippen LogP contribution in [0.2, 0.25) is 5.02 Å². The molecule has 19 heavy (non-hydrogen) atoms. The Balaban J connectivity index is 2.05. The standard InChI is InChI=1S/C13H14Cl2FNO2/c14-6-10-7(3-8(16)4-11(10)15)1-2-9-5-12(18)13(19)17-9/h3-4,9,12,18H,1-2,5-6H2,(H,17,19). The quantitative estimate of drug-likeness (QED) is 0.839. The summed E-state index contributed by atoms with van der Waals surface area (Å²) in [5.74, 6) is -0.530. The largest absolute Gasteiger partial charge is 0.383 e. The first kappa shape index (κ1) is 14.6. The van der Waals surface area contributed by atoms with Crippen LogP contribution in [0.4, 0.5) is 4.39 Å². The Morgan fingerprint density at radius 3 is 2.79 bits per heavy atom. The molecule has 1 aromatic rings. The second kappa shape index (κ2) is 6.07. The molecule has 1 amide bonds. The van der Waals surface area contributed by atoms with Gasteiger partial charge in [0.1, 0.15) is 11.9 Å². The van der Waals surface area contributed by atoms with Gasteiger partial charge in [-0.1, -0.05) is 11.6 Å². The van der Waals surface area contributed by atoms with Crippen molar-refractivity contribution in [3.8, 4) is 0 Å². The second-order valence-corrected chi connectivity index (χ2v) is 5.33. The van der Waals surface area contributed by atoms with Crippen molar-refractivity contribution in [1.29, 1.82) is 0 Å². The topological polar surface area (TPSA) is 49.3 Å². The van der Waals surface area contributed by atoms with Gasteiger partial charge in [0.2, 0.25) is 5.91 Å². The number of hydrogen-bond acceptors (Lipinski definition) is 2. The fourth-order valence-electron chi connectivity index (χ4n) is 2.28. The third-order valence-electron chi connectivity index (χ3n) is 3.31. The average molecular weight is 306 g/mol. The van der Waals surface area contributed by atoms with Crippen molar-refractivity contribution in [3.63, 3.8) is 0 Å². The summed E-state index contributed by atoms with van der Waals surface area (Å²) in [5.41, 5.74) is 1.46. The summed E-state index contributed by atoms with van der Waals surface area (Å²) in [4.78, 5) is 11.2. The van der Waals surface area contributed by atoms with E-state index >= 15 is 0 Å². The average Bonchev–Trinajstić information content (AvgIpc) is 2.65. The van der Waals surface area contributed by atoms with E-state index in [1.807, 2.05) is 0 Å². The first-order valence-corrected chi connectivity index (χ1v) is 6.93. The maximum atomic E-state index is 13.3. The fraction of sp³-hybridized carbons (Fsp3) is 0.462. The van der Waals surface area contributed by atoms with Crippen LogP contribution in [0.5, 0.6) is 0 Å². The number of benzene rings is 1. The van der Waals surface area contributed by atoms with Crippen LogP contribution in [0.1, 0.15) is 24.0 Å². The van der Waals surface area contributed by atoms with Crippen LogP contribution in [0.15, 0.2) is 12.1 Å². The van der Waals surface area contributed by atoms with Crippen LogP contribution in [-0.2, 0) is 17.1 Å². The lowest BCUT2D eigenvalue weighted by molar-refractivity contribution is -0.126. The molecule has 1 aromatic carbocycles. The maximum absolute atomic E-state index is 13.3. The molecule has 2 N–H and O–H groups in total. The number of amides is 1. The Morgan fingerprint density at radius 2 is 2.21 bits per heavy atom. The molecule has 104 valence electrons. The Hall–Kier alpha value is -0.840. The van der Waals surface area contributed by atoms with E-state index in [0.717, 1.165) is 11.1 Å². The normalized spacial score (nSPS) is 22.6. The molecule has 1 fully saturated rings. The van der Waals surface area contributed by atoms with E-state index in [1.54, 1.807) is 0 Å². The summed E-state index contributed by atoms with van der Waals surface area (Å²) in [6, 6.07) is 2.56. The molecule has 3 nitrogen and oxygen atoms in total. The number of carbonyl (C=O) groups excluding carboxylic acids is 1. The minimum absolute atomic E-state index is 0.0901. The van der Waals surface area contributed by atoms with Crippen molar-refractivity contribution >= 4 is 29.1 Å². The van der Waals surface area contributed by atoms with Gasteiger partial charge in [0.15, 0.2) is 0 Å². The van der Waals surface area contributed by atoms with Crippen LogP contribution >= 0.6 is 23.2 Å². The second-order valence-electron chi connectivity index (χ2n) is 4.65. The van der Waals surface area contributed by atoms with E-state index < -0.39 is 11.9 Å². The van der Waals surface area contributed by atoms with E-state index in [-0.39, 0.29) is 17.8 Å². The van der Waals surface area contributed by atoms with Crippen molar-refractivity contribution in [2.24, 2.45) is 0 Å². The number of halogens is 3. The van der Waals surface area contributed by atoms with Gasteiger partial charge in [0, 0.05) is 23.4 Å². The summed E-state index contributed by atoms with van der Waals surface area (Å²) >= 11 is 11.8. The molecule has 2 rings (SSSR count). The zero-order valence-corrected chi connectivity index (χ0v) is 11.6. The first-order valence-electron chi connectivity index (χ1n) is 6.02. The number of aliphatic hydroxyl groups is 1. The number of hydrogen-bond donors (Lipinski definition) is 2. The number of alkyl halides is 1. The van der Waals surface area contributed by atoms with E-state index in [9.17, 15) is 14.3 Å². The summed E-state index contributed by atoms with van der Waals surface area (Å²) < 4.78 is 13.3. The Labute approximate surface area is 120 Å². The summed E-state index contributed by atoms with van der Waals surface area (Å²) in [6.45, 7) is 0. The molecule has 1 aliphatic heterocycles. The minimum Gasteiger partial charge on any atom is -0.383 e. The highest BCUT2D eigenvalue weighted by atomic mass is 35.5. The molecule has 2 atom stereocenters. The highest BCUT2D eigenvalue weighted by Gasteiger charge is 2.29. The molecule has 1 heterocycles.